The summed E-state index contributed by atoms with van der Waals surface area (Å²) in [7, 11) is -4.38. The van der Waals surface area contributed by atoms with Crippen LogP contribution < -0.4 is 5.73 Å². The number of nitrogens with two attached hydrogens (primary N) is 1. The van der Waals surface area contributed by atoms with Gasteiger partial charge in [0.2, 0.25) is 0 Å². The van der Waals surface area contributed by atoms with E-state index in [4.69, 9.17) is 24.3 Å². The topological polar surface area (TPSA) is 134 Å². The van der Waals surface area contributed by atoms with Crippen molar-refractivity contribution in [2.75, 3.05) is 26.4 Å². The van der Waals surface area contributed by atoms with E-state index in [0.717, 1.165) is 38.5 Å². The molecule has 0 saturated carbocycles. The summed E-state index contributed by atoms with van der Waals surface area (Å²) in [5, 5.41) is 0. The van der Waals surface area contributed by atoms with Crippen molar-refractivity contribution in [1.29, 1.82) is 0 Å². The molecule has 0 bridgehead atoms. The molecule has 0 aliphatic heterocycles. The summed E-state index contributed by atoms with van der Waals surface area (Å²) in [6.45, 7) is 3.79. The van der Waals surface area contributed by atoms with E-state index in [9.17, 15) is 19.0 Å². The molecule has 0 aromatic carbocycles. The standard InChI is InChI=1S/C62H120NO8P/c1-3-5-7-9-11-13-15-17-19-21-22-23-24-25-26-27-28-29-30-31-32-33-34-35-36-37-38-39-41-43-45-47-49-51-53-55-62(65)71-60(59-70-72(66,67)69-57-56-63)58-68-61(64)54-52-50-48-46-44-42-40-20-18-16-14-12-10-8-6-4-2/h15,17,21-22,60H,3-14,16,18-20,23-59,63H2,1-2H3,(H,66,67)/b17-15-,22-21-. The van der Waals surface area contributed by atoms with Gasteiger partial charge >= 0.3 is 19.8 Å². The Balaban J connectivity index is 3.79. The lowest BCUT2D eigenvalue weighted by Gasteiger charge is -2.19. The summed E-state index contributed by atoms with van der Waals surface area (Å²) in [6.07, 6.45) is 69.8. The number of hydrogen-bond donors (Lipinski definition) is 2. The number of phosphoric acid groups is 1. The summed E-state index contributed by atoms with van der Waals surface area (Å²) in [5.74, 6) is -0.806. The lowest BCUT2D eigenvalue weighted by molar-refractivity contribution is -0.161. The first-order valence-corrected chi connectivity index (χ1v) is 32.8. The number of rotatable bonds is 60. The fourth-order valence-electron chi connectivity index (χ4n) is 9.44. The number of esters is 2. The van der Waals surface area contributed by atoms with Crippen LogP contribution in [0.3, 0.4) is 0 Å². The number of carbonyl (C=O) groups is 2. The Morgan fingerprint density at radius 3 is 1.06 bits per heavy atom. The van der Waals surface area contributed by atoms with Crippen LogP contribution in [0.2, 0.25) is 0 Å². The zero-order chi connectivity index (χ0) is 52.4. The van der Waals surface area contributed by atoms with E-state index in [2.05, 4.69) is 38.2 Å². The normalized spacial score (nSPS) is 13.1. The van der Waals surface area contributed by atoms with Gasteiger partial charge in [0.25, 0.3) is 0 Å². The molecule has 0 amide bonds. The van der Waals surface area contributed by atoms with Gasteiger partial charge in [0.1, 0.15) is 6.61 Å². The van der Waals surface area contributed by atoms with Crippen molar-refractivity contribution in [3.63, 3.8) is 0 Å². The molecule has 3 N–H and O–H groups in total. The Labute approximate surface area is 446 Å². The minimum absolute atomic E-state index is 0.0571. The van der Waals surface area contributed by atoms with Gasteiger partial charge in [-0.1, -0.05) is 295 Å². The molecule has 0 fully saturated rings. The van der Waals surface area contributed by atoms with Gasteiger partial charge in [-0.05, 0) is 44.9 Å². The van der Waals surface area contributed by atoms with E-state index in [1.54, 1.807) is 0 Å². The van der Waals surface area contributed by atoms with Crippen molar-refractivity contribution >= 4 is 19.8 Å². The molecule has 2 unspecified atom stereocenters. The first kappa shape index (κ1) is 70.5. The first-order chi connectivity index (χ1) is 35.3. The van der Waals surface area contributed by atoms with Crippen LogP contribution in [0.1, 0.15) is 328 Å². The molecule has 0 heterocycles. The minimum atomic E-state index is -4.38. The smallest absolute Gasteiger partial charge is 0.462 e. The molecule has 426 valence electrons. The highest BCUT2D eigenvalue weighted by atomic mass is 31.2. The maximum Gasteiger partial charge on any atom is 0.472 e. The van der Waals surface area contributed by atoms with Crippen molar-refractivity contribution in [2.24, 2.45) is 5.73 Å². The average molecular weight is 1040 g/mol. The predicted octanol–water partition coefficient (Wildman–Crippen LogP) is 19.8. The fourth-order valence-corrected chi connectivity index (χ4v) is 10.2. The molecular weight excluding hydrogens is 918 g/mol. The monoisotopic (exact) mass is 1040 g/mol. The Bertz CT molecular complexity index is 1230. The van der Waals surface area contributed by atoms with Gasteiger partial charge in [0.05, 0.1) is 13.2 Å². The van der Waals surface area contributed by atoms with E-state index in [1.807, 2.05) is 0 Å². The second kappa shape index (κ2) is 58.7. The fraction of sp³-hybridized carbons (Fsp3) is 0.903. The molecule has 10 heteroatoms. The Morgan fingerprint density at radius 1 is 0.417 bits per heavy atom. The van der Waals surface area contributed by atoms with Crippen LogP contribution in [0, 0.1) is 0 Å². The highest BCUT2D eigenvalue weighted by molar-refractivity contribution is 7.47. The minimum Gasteiger partial charge on any atom is -0.462 e. The lowest BCUT2D eigenvalue weighted by Crippen LogP contribution is -2.29. The third-order valence-corrected chi connectivity index (χ3v) is 15.1. The molecule has 0 aliphatic carbocycles. The first-order valence-electron chi connectivity index (χ1n) is 31.3. The van der Waals surface area contributed by atoms with Crippen LogP contribution in [0.25, 0.3) is 0 Å². The number of phosphoric ester groups is 1. The summed E-state index contributed by atoms with van der Waals surface area (Å²) in [5.41, 5.74) is 5.38. The van der Waals surface area contributed by atoms with Crippen LogP contribution in [-0.2, 0) is 32.7 Å². The van der Waals surface area contributed by atoms with Crippen LogP contribution >= 0.6 is 7.82 Å². The molecule has 0 aromatic rings. The summed E-state index contributed by atoms with van der Waals surface area (Å²) >= 11 is 0. The third kappa shape index (κ3) is 57.8. The Hall–Kier alpha value is -1.51. The molecule has 72 heavy (non-hydrogen) atoms. The second-order valence-electron chi connectivity index (χ2n) is 21.3. The molecule has 0 rings (SSSR count). The van der Waals surface area contributed by atoms with Gasteiger partial charge in [-0.3, -0.25) is 18.6 Å². The average Bonchev–Trinajstić information content (AvgIpc) is 3.37. The zero-order valence-corrected chi connectivity index (χ0v) is 48.6. The zero-order valence-electron chi connectivity index (χ0n) is 47.7. The van der Waals surface area contributed by atoms with Crippen LogP contribution in [0.5, 0.6) is 0 Å². The molecule has 9 nitrogen and oxygen atoms in total. The number of ether oxygens (including phenoxy) is 2. The van der Waals surface area contributed by atoms with Crippen molar-refractivity contribution < 1.29 is 37.6 Å². The maximum atomic E-state index is 12.7. The maximum absolute atomic E-state index is 12.7. The van der Waals surface area contributed by atoms with Crippen LogP contribution in [-0.4, -0.2) is 49.3 Å². The van der Waals surface area contributed by atoms with Gasteiger partial charge in [-0.15, -0.1) is 0 Å². The van der Waals surface area contributed by atoms with E-state index >= 15 is 0 Å². The quantitative estimate of drug-likeness (QED) is 0.0264. The Kier molecular flexibility index (Phi) is 57.5. The van der Waals surface area contributed by atoms with Gasteiger partial charge in [-0.2, -0.15) is 0 Å². The molecule has 0 aromatic heterocycles. The molecule has 0 spiro atoms. The predicted molar refractivity (Wildman–Crippen MR) is 307 cm³/mol. The van der Waals surface area contributed by atoms with Crippen molar-refractivity contribution in [3.8, 4) is 0 Å². The van der Waals surface area contributed by atoms with Gasteiger partial charge in [0, 0.05) is 19.4 Å². The van der Waals surface area contributed by atoms with Crippen molar-refractivity contribution in [3.05, 3.63) is 24.3 Å². The second-order valence-corrected chi connectivity index (χ2v) is 22.7. The highest BCUT2D eigenvalue weighted by Gasteiger charge is 2.26. The molecule has 0 saturated heterocycles. The number of hydrogen-bond acceptors (Lipinski definition) is 8. The molecule has 0 radical (unpaired) electrons. The van der Waals surface area contributed by atoms with Crippen molar-refractivity contribution in [1.82, 2.24) is 0 Å². The number of carbonyl (C=O) groups excluding carboxylic acids is 2. The lowest BCUT2D eigenvalue weighted by atomic mass is 10.0. The molecular formula is C62H120NO8P. The summed E-state index contributed by atoms with van der Waals surface area (Å²) in [6, 6.07) is 0. The van der Waals surface area contributed by atoms with Crippen molar-refractivity contribution in [2.45, 2.75) is 335 Å². The van der Waals surface area contributed by atoms with Gasteiger partial charge < -0.3 is 20.1 Å². The summed E-state index contributed by atoms with van der Waals surface area (Å²) in [4.78, 5) is 35.2. The van der Waals surface area contributed by atoms with E-state index < -0.39 is 26.5 Å². The van der Waals surface area contributed by atoms with E-state index in [0.29, 0.717) is 6.42 Å². The summed E-state index contributed by atoms with van der Waals surface area (Å²) < 4.78 is 33.1. The number of unbranched alkanes of at least 4 members (excludes halogenated alkanes) is 43. The third-order valence-electron chi connectivity index (χ3n) is 14.1. The highest BCUT2D eigenvalue weighted by Crippen LogP contribution is 2.43. The van der Waals surface area contributed by atoms with Crippen LogP contribution in [0.4, 0.5) is 0 Å². The SMILES string of the molecule is CCCCCCC/C=C\C/C=C\CCCCCCCCCCCCCCCCCCCCCCCCCC(=O)OC(COC(=O)CCCCCCCCCCCCCCCCCC)COP(=O)(O)OCCN. The van der Waals surface area contributed by atoms with Gasteiger partial charge in [-0.25, -0.2) is 4.57 Å². The van der Waals surface area contributed by atoms with E-state index in [1.165, 1.54) is 257 Å². The van der Waals surface area contributed by atoms with Crippen LogP contribution in [0.15, 0.2) is 24.3 Å². The number of allylic oxidation sites excluding steroid dienone is 4. The Morgan fingerprint density at radius 2 is 0.722 bits per heavy atom. The largest absolute Gasteiger partial charge is 0.472 e. The molecule has 2 atom stereocenters. The molecule has 0 aliphatic rings. The van der Waals surface area contributed by atoms with E-state index in [-0.39, 0.29) is 38.6 Å². The van der Waals surface area contributed by atoms with Gasteiger partial charge in [0.15, 0.2) is 6.10 Å².